The summed E-state index contributed by atoms with van der Waals surface area (Å²) in [5.74, 6) is -0.0752. The Morgan fingerprint density at radius 2 is 2.56 bits per heavy atom. The minimum atomic E-state index is -0.0752. The molecule has 4 heteroatoms. The fourth-order valence-electron chi connectivity index (χ4n) is 0.516. The smallest absolute Gasteiger partial charge is 0.164 e. The lowest BCUT2D eigenvalue weighted by Gasteiger charge is -1.84. The summed E-state index contributed by atoms with van der Waals surface area (Å²) in [4.78, 5) is 10.6. The van der Waals surface area contributed by atoms with Gasteiger partial charge in [-0.2, -0.15) is 5.10 Å². The lowest BCUT2D eigenvalue weighted by molar-refractivity contribution is 0.101. The molecule has 0 aliphatic carbocycles. The molecule has 0 bridgehead atoms. The minimum absolute atomic E-state index is 0.0752. The molecule has 0 saturated heterocycles. The third-order valence-corrected chi connectivity index (χ3v) is 1.26. The molecule has 9 heavy (non-hydrogen) atoms. The van der Waals surface area contributed by atoms with Gasteiger partial charge >= 0.3 is 0 Å². The number of Topliss-reactive ketones (excluding diaryl/α,β-unsaturated/α-hetero) is 1. The van der Waals surface area contributed by atoms with E-state index in [4.69, 9.17) is 11.6 Å². The highest BCUT2D eigenvalue weighted by molar-refractivity contribution is 6.32. The van der Waals surface area contributed by atoms with Crippen molar-refractivity contribution in [3.63, 3.8) is 0 Å². The number of rotatable bonds is 1. The first kappa shape index (κ1) is 6.29. The molecule has 3 nitrogen and oxygen atoms in total. The Morgan fingerprint density at radius 1 is 1.89 bits per heavy atom. The van der Waals surface area contributed by atoms with Crippen molar-refractivity contribution in [2.45, 2.75) is 6.92 Å². The topological polar surface area (TPSA) is 45.8 Å². The first-order valence-electron chi connectivity index (χ1n) is 2.41. The van der Waals surface area contributed by atoms with E-state index in [0.29, 0.717) is 10.7 Å². The predicted molar refractivity (Wildman–Crippen MR) is 33.6 cm³/mol. The van der Waals surface area contributed by atoms with Crippen LogP contribution in [0.2, 0.25) is 5.15 Å². The average Bonchev–Trinajstić information content (AvgIpc) is 2.13. The summed E-state index contributed by atoms with van der Waals surface area (Å²) in [5.41, 5.74) is 0.441. The quantitative estimate of drug-likeness (QED) is 0.604. The highest BCUT2D eigenvalue weighted by Gasteiger charge is 2.05. The van der Waals surface area contributed by atoms with Crippen molar-refractivity contribution in [3.8, 4) is 0 Å². The van der Waals surface area contributed by atoms with Crippen LogP contribution in [-0.4, -0.2) is 16.0 Å². The minimum Gasteiger partial charge on any atom is -0.294 e. The first-order valence-corrected chi connectivity index (χ1v) is 2.79. The van der Waals surface area contributed by atoms with Crippen LogP contribution >= 0.6 is 11.6 Å². The van der Waals surface area contributed by atoms with Crippen molar-refractivity contribution in [2.75, 3.05) is 0 Å². The Kier molecular flexibility index (Phi) is 1.53. The third-order valence-electron chi connectivity index (χ3n) is 0.972. The highest BCUT2D eigenvalue weighted by atomic mass is 35.5. The van der Waals surface area contributed by atoms with Crippen molar-refractivity contribution in [3.05, 3.63) is 16.9 Å². The van der Waals surface area contributed by atoms with Gasteiger partial charge in [-0.25, -0.2) is 0 Å². The number of carbonyl (C=O) groups is 1. The van der Waals surface area contributed by atoms with Crippen molar-refractivity contribution >= 4 is 17.4 Å². The van der Waals surface area contributed by atoms with Crippen LogP contribution in [0, 0.1) is 0 Å². The number of aromatic nitrogens is 2. The van der Waals surface area contributed by atoms with Crippen molar-refractivity contribution in [1.82, 2.24) is 10.2 Å². The Balaban J connectivity index is 3.08. The summed E-state index contributed by atoms with van der Waals surface area (Å²) in [6.07, 6.45) is 1.41. The molecule has 0 spiro atoms. The molecule has 1 rings (SSSR count). The molecule has 1 aromatic rings. The van der Waals surface area contributed by atoms with Crippen LogP contribution in [0.25, 0.3) is 0 Å². The summed E-state index contributed by atoms with van der Waals surface area (Å²) in [6.45, 7) is 1.44. The standard InChI is InChI=1S/C5H5ClN2O/c1-3(9)4-2-7-8-5(4)6/h2H,1H3,(H,7,8). The van der Waals surface area contributed by atoms with E-state index >= 15 is 0 Å². The van der Waals surface area contributed by atoms with Gasteiger partial charge in [-0.3, -0.25) is 9.89 Å². The maximum absolute atomic E-state index is 10.6. The summed E-state index contributed by atoms with van der Waals surface area (Å²) in [7, 11) is 0. The van der Waals surface area contributed by atoms with Crippen LogP contribution < -0.4 is 0 Å². The summed E-state index contributed by atoms with van der Waals surface area (Å²) < 4.78 is 0. The van der Waals surface area contributed by atoms with Crippen LogP contribution in [0.5, 0.6) is 0 Å². The molecule has 48 valence electrons. The van der Waals surface area contributed by atoms with Crippen molar-refractivity contribution in [1.29, 1.82) is 0 Å². The van der Waals surface area contributed by atoms with Gasteiger partial charge in [0.2, 0.25) is 0 Å². The molecule has 1 N–H and O–H groups in total. The van der Waals surface area contributed by atoms with Crippen LogP contribution in [-0.2, 0) is 0 Å². The number of nitrogens with zero attached hydrogens (tertiary/aromatic N) is 1. The number of carbonyl (C=O) groups excluding carboxylic acids is 1. The van der Waals surface area contributed by atoms with Crippen molar-refractivity contribution in [2.24, 2.45) is 0 Å². The first-order chi connectivity index (χ1) is 4.22. The van der Waals surface area contributed by atoms with E-state index < -0.39 is 0 Å². The molecule has 0 fully saturated rings. The third kappa shape index (κ3) is 1.10. The fraction of sp³-hybridized carbons (Fsp3) is 0.200. The zero-order valence-electron chi connectivity index (χ0n) is 4.81. The lowest BCUT2D eigenvalue weighted by atomic mass is 10.3. The zero-order chi connectivity index (χ0) is 6.85. The van der Waals surface area contributed by atoms with E-state index in [1.54, 1.807) is 0 Å². The number of hydrogen-bond donors (Lipinski definition) is 1. The van der Waals surface area contributed by atoms with Gasteiger partial charge in [0, 0.05) is 0 Å². The van der Waals surface area contributed by atoms with Crippen LogP contribution in [0.1, 0.15) is 17.3 Å². The van der Waals surface area contributed by atoms with Gasteiger partial charge in [0.05, 0.1) is 11.8 Å². The average molecular weight is 145 g/mol. The molecule has 0 radical (unpaired) electrons. The Bertz CT molecular complexity index is 231. The van der Waals surface area contributed by atoms with E-state index in [1.807, 2.05) is 0 Å². The molecule has 0 aliphatic heterocycles. The number of aromatic amines is 1. The van der Waals surface area contributed by atoms with E-state index in [2.05, 4.69) is 10.2 Å². The van der Waals surface area contributed by atoms with E-state index in [9.17, 15) is 4.79 Å². The normalized spacial score (nSPS) is 9.56. The van der Waals surface area contributed by atoms with Gasteiger partial charge in [-0.05, 0) is 6.92 Å². The zero-order valence-corrected chi connectivity index (χ0v) is 5.57. The summed E-state index contributed by atoms with van der Waals surface area (Å²) in [6, 6.07) is 0. The van der Waals surface area contributed by atoms with Gasteiger partial charge in [0.15, 0.2) is 5.78 Å². The van der Waals surface area contributed by atoms with Crippen molar-refractivity contribution < 1.29 is 4.79 Å². The maximum Gasteiger partial charge on any atom is 0.164 e. The molecule has 0 aromatic carbocycles. The number of halogens is 1. The molecule has 0 unspecified atom stereocenters. The monoisotopic (exact) mass is 144 g/mol. The number of nitrogens with one attached hydrogen (secondary N) is 1. The molecule has 0 atom stereocenters. The maximum atomic E-state index is 10.6. The Hall–Kier alpha value is -0.830. The molecule has 0 aliphatic rings. The summed E-state index contributed by atoms with van der Waals surface area (Å²) >= 11 is 5.50. The fourth-order valence-corrected chi connectivity index (χ4v) is 0.747. The number of hydrogen-bond acceptors (Lipinski definition) is 2. The van der Waals surface area contributed by atoms with Gasteiger partial charge in [-0.1, -0.05) is 11.6 Å². The second-order valence-corrected chi connectivity index (χ2v) is 2.03. The molecule has 1 aromatic heterocycles. The number of H-pyrrole nitrogens is 1. The van der Waals surface area contributed by atoms with Crippen LogP contribution in [0.15, 0.2) is 6.20 Å². The lowest BCUT2D eigenvalue weighted by Crippen LogP contribution is -1.88. The van der Waals surface area contributed by atoms with Gasteiger partial charge < -0.3 is 0 Å². The Labute approximate surface area is 57.0 Å². The number of ketones is 1. The molecule has 0 saturated carbocycles. The predicted octanol–water partition coefficient (Wildman–Crippen LogP) is 1.27. The van der Waals surface area contributed by atoms with E-state index in [1.165, 1.54) is 13.1 Å². The van der Waals surface area contributed by atoms with Crippen LogP contribution in [0.3, 0.4) is 0 Å². The van der Waals surface area contributed by atoms with E-state index in [0.717, 1.165) is 0 Å². The van der Waals surface area contributed by atoms with Gasteiger partial charge in [0.1, 0.15) is 5.15 Å². The molecule has 0 amide bonds. The summed E-state index contributed by atoms with van der Waals surface area (Å²) in [5, 5.41) is 6.32. The van der Waals surface area contributed by atoms with Gasteiger partial charge in [-0.15, -0.1) is 0 Å². The highest BCUT2D eigenvalue weighted by Crippen LogP contribution is 2.10. The molecular formula is C5H5ClN2O. The van der Waals surface area contributed by atoms with Gasteiger partial charge in [0.25, 0.3) is 0 Å². The second-order valence-electron chi connectivity index (χ2n) is 1.65. The molecular weight excluding hydrogens is 140 g/mol. The van der Waals surface area contributed by atoms with E-state index in [-0.39, 0.29) is 5.78 Å². The van der Waals surface area contributed by atoms with Crippen LogP contribution in [0.4, 0.5) is 0 Å². The SMILES string of the molecule is CC(=O)c1cn[nH]c1Cl. The Morgan fingerprint density at radius 3 is 2.78 bits per heavy atom. The second kappa shape index (κ2) is 2.19. The molecule has 1 heterocycles. The largest absolute Gasteiger partial charge is 0.294 e.